The largest absolute Gasteiger partial charge is 0.390 e. The van der Waals surface area contributed by atoms with E-state index in [0.717, 1.165) is 18.4 Å². The monoisotopic (exact) mass is 293 g/mol. The Kier molecular flexibility index (Phi) is 6.85. The Morgan fingerprint density at radius 3 is 2.71 bits per heavy atom. The standard InChI is InChI=1S/C17H27NO3/c1-17(2,20)10-9-14-7-5-8-15(13-14)16(19)18(3)11-6-12-21-4/h5,7-8,13,20H,6,9-12H2,1-4H3. The first kappa shape index (κ1) is 17.7. The Morgan fingerprint density at radius 1 is 1.38 bits per heavy atom. The zero-order valence-corrected chi connectivity index (χ0v) is 13.6. The van der Waals surface area contributed by atoms with Crippen molar-refractivity contribution in [3.63, 3.8) is 0 Å². The van der Waals surface area contributed by atoms with E-state index >= 15 is 0 Å². The van der Waals surface area contributed by atoms with E-state index < -0.39 is 5.60 Å². The van der Waals surface area contributed by atoms with E-state index in [1.807, 2.05) is 31.3 Å². The van der Waals surface area contributed by atoms with Crippen LogP contribution in [0, 0.1) is 0 Å². The third kappa shape index (κ3) is 6.74. The normalized spacial score (nSPS) is 11.5. The fourth-order valence-electron chi connectivity index (χ4n) is 2.08. The molecule has 1 rings (SSSR count). The Balaban J connectivity index is 2.64. The summed E-state index contributed by atoms with van der Waals surface area (Å²) in [4.78, 5) is 14.0. The molecule has 4 heteroatoms. The lowest BCUT2D eigenvalue weighted by Gasteiger charge is -2.18. The summed E-state index contributed by atoms with van der Waals surface area (Å²) in [6.45, 7) is 4.93. The third-order valence-corrected chi connectivity index (χ3v) is 3.39. The van der Waals surface area contributed by atoms with Crippen LogP contribution in [0.3, 0.4) is 0 Å². The van der Waals surface area contributed by atoms with Crippen molar-refractivity contribution in [3.05, 3.63) is 35.4 Å². The maximum absolute atomic E-state index is 12.3. The van der Waals surface area contributed by atoms with Crippen LogP contribution >= 0.6 is 0 Å². The molecule has 0 aromatic heterocycles. The van der Waals surface area contributed by atoms with Gasteiger partial charge in [0.25, 0.3) is 5.91 Å². The zero-order chi connectivity index (χ0) is 15.9. The molecule has 1 N–H and O–H groups in total. The lowest BCUT2D eigenvalue weighted by molar-refractivity contribution is 0.0714. The van der Waals surface area contributed by atoms with Crippen LogP contribution in [-0.2, 0) is 11.2 Å². The van der Waals surface area contributed by atoms with Crippen molar-refractivity contribution >= 4 is 5.91 Å². The zero-order valence-electron chi connectivity index (χ0n) is 13.6. The van der Waals surface area contributed by atoms with Gasteiger partial charge in [-0.1, -0.05) is 12.1 Å². The number of carbonyl (C=O) groups is 1. The second-order valence-corrected chi connectivity index (χ2v) is 6.09. The molecule has 0 bridgehead atoms. The summed E-state index contributed by atoms with van der Waals surface area (Å²) < 4.78 is 5.00. The molecule has 1 aromatic rings. The summed E-state index contributed by atoms with van der Waals surface area (Å²) in [5.41, 5.74) is 1.09. The molecular formula is C17H27NO3. The number of aliphatic hydroxyl groups is 1. The predicted octanol–water partition coefficient (Wildman–Crippen LogP) is 2.50. The van der Waals surface area contributed by atoms with E-state index in [2.05, 4.69) is 0 Å². The van der Waals surface area contributed by atoms with E-state index in [-0.39, 0.29) is 5.91 Å². The topological polar surface area (TPSA) is 49.8 Å². The van der Waals surface area contributed by atoms with Gasteiger partial charge >= 0.3 is 0 Å². The molecule has 1 aromatic carbocycles. The summed E-state index contributed by atoms with van der Waals surface area (Å²) >= 11 is 0. The molecule has 0 aliphatic carbocycles. The average Bonchev–Trinajstić information content (AvgIpc) is 2.44. The number of benzene rings is 1. The van der Waals surface area contributed by atoms with Gasteiger partial charge in [0.05, 0.1) is 5.60 Å². The first-order valence-corrected chi connectivity index (χ1v) is 7.39. The number of aryl methyl sites for hydroxylation is 1. The molecule has 21 heavy (non-hydrogen) atoms. The highest BCUT2D eigenvalue weighted by Crippen LogP contribution is 2.15. The first-order chi connectivity index (χ1) is 9.83. The molecule has 0 aliphatic rings. The fraction of sp³-hybridized carbons (Fsp3) is 0.588. The summed E-state index contributed by atoms with van der Waals surface area (Å²) in [6, 6.07) is 7.65. The Morgan fingerprint density at radius 2 is 2.10 bits per heavy atom. The Labute approximate surface area is 127 Å². The lowest BCUT2D eigenvalue weighted by atomic mass is 9.98. The number of hydrogen-bond acceptors (Lipinski definition) is 3. The molecule has 0 unspecified atom stereocenters. The molecule has 1 amide bonds. The molecule has 0 atom stereocenters. The third-order valence-electron chi connectivity index (χ3n) is 3.39. The number of hydrogen-bond donors (Lipinski definition) is 1. The van der Waals surface area contributed by atoms with Gasteiger partial charge in [0.15, 0.2) is 0 Å². The average molecular weight is 293 g/mol. The molecule has 0 radical (unpaired) electrons. The fourth-order valence-corrected chi connectivity index (χ4v) is 2.08. The van der Waals surface area contributed by atoms with E-state index in [9.17, 15) is 9.90 Å². The second kappa shape index (κ2) is 8.15. The summed E-state index contributed by atoms with van der Waals surface area (Å²) in [7, 11) is 3.47. The van der Waals surface area contributed by atoms with Gasteiger partial charge in [0, 0.05) is 32.9 Å². The van der Waals surface area contributed by atoms with Gasteiger partial charge in [-0.3, -0.25) is 4.79 Å². The molecule has 0 aliphatic heterocycles. The summed E-state index contributed by atoms with van der Waals surface area (Å²) in [5.74, 6) is 0.0243. The van der Waals surface area contributed by atoms with Gasteiger partial charge in [0.2, 0.25) is 0 Å². The van der Waals surface area contributed by atoms with Crippen LogP contribution in [0.15, 0.2) is 24.3 Å². The van der Waals surface area contributed by atoms with Crippen LogP contribution in [-0.4, -0.2) is 48.8 Å². The maximum atomic E-state index is 12.3. The van der Waals surface area contributed by atoms with Crippen molar-refractivity contribution in [2.24, 2.45) is 0 Å². The SMILES string of the molecule is COCCCN(C)C(=O)c1cccc(CCC(C)(C)O)c1. The molecule has 118 valence electrons. The van der Waals surface area contributed by atoms with E-state index in [1.54, 1.807) is 25.9 Å². The van der Waals surface area contributed by atoms with Crippen LogP contribution in [0.1, 0.15) is 42.6 Å². The van der Waals surface area contributed by atoms with E-state index in [1.165, 1.54) is 0 Å². The first-order valence-electron chi connectivity index (χ1n) is 7.39. The highest BCUT2D eigenvalue weighted by atomic mass is 16.5. The maximum Gasteiger partial charge on any atom is 0.253 e. The minimum atomic E-state index is -0.684. The van der Waals surface area contributed by atoms with Crippen molar-refractivity contribution < 1.29 is 14.6 Å². The van der Waals surface area contributed by atoms with Gasteiger partial charge in [-0.05, 0) is 50.8 Å². The van der Waals surface area contributed by atoms with Crippen molar-refractivity contribution in [1.29, 1.82) is 0 Å². The van der Waals surface area contributed by atoms with Crippen LogP contribution in [0.4, 0.5) is 0 Å². The number of methoxy groups -OCH3 is 1. The number of nitrogens with zero attached hydrogens (tertiary/aromatic N) is 1. The van der Waals surface area contributed by atoms with Crippen LogP contribution in [0.2, 0.25) is 0 Å². The summed E-state index contributed by atoms with van der Waals surface area (Å²) in [6.07, 6.45) is 2.27. The molecule has 0 saturated carbocycles. The van der Waals surface area contributed by atoms with Crippen molar-refractivity contribution in [3.8, 4) is 0 Å². The molecule has 0 fully saturated rings. The smallest absolute Gasteiger partial charge is 0.253 e. The minimum Gasteiger partial charge on any atom is -0.390 e. The van der Waals surface area contributed by atoms with Crippen molar-refractivity contribution in [2.75, 3.05) is 27.3 Å². The second-order valence-electron chi connectivity index (χ2n) is 6.09. The van der Waals surface area contributed by atoms with Gasteiger partial charge < -0.3 is 14.7 Å². The molecule has 0 saturated heterocycles. The minimum absolute atomic E-state index is 0.0243. The predicted molar refractivity (Wildman–Crippen MR) is 84.5 cm³/mol. The molecular weight excluding hydrogens is 266 g/mol. The highest BCUT2D eigenvalue weighted by Gasteiger charge is 2.14. The number of rotatable bonds is 8. The number of amides is 1. The molecule has 0 spiro atoms. The number of carbonyl (C=O) groups excluding carboxylic acids is 1. The van der Waals surface area contributed by atoms with Crippen molar-refractivity contribution in [1.82, 2.24) is 4.90 Å². The van der Waals surface area contributed by atoms with Crippen molar-refractivity contribution in [2.45, 2.75) is 38.7 Å². The quantitative estimate of drug-likeness (QED) is 0.749. The Bertz CT molecular complexity index is 452. The highest BCUT2D eigenvalue weighted by molar-refractivity contribution is 5.94. The van der Waals surface area contributed by atoms with E-state index in [4.69, 9.17) is 4.74 Å². The van der Waals surface area contributed by atoms with Crippen LogP contribution in [0.25, 0.3) is 0 Å². The lowest BCUT2D eigenvalue weighted by Crippen LogP contribution is -2.28. The number of ether oxygens (including phenoxy) is 1. The van der Waals surface area contributed by atoms with Crippen LogP contribution < -0.4 is 0 Å². The van der Waals surface area contributed by atoms with Crippen LogP contribution in [0.5, 0.6) is 0 Å². The molecule has 0 heterocycles. The van der Waals surface area contributed by atoms with Gasteiger partial charge in [-0.15, -0.1) is 0 Å². The van der Waals surface area contributed by atoms with Gasteiger partial charge in [-0.2, -0.15) is 0 Å². The molecule has 4 nitrogen and oxygen atoms in total. The van der Waals surface area contributed by atoms with Gasteiger partial charge in [-0.25, -0.2) is 0 Å². The van der Waals surface area contributed by atoms with E-state index in [0.29, 0.717) is 25.1 Å². The van der Waals surface area contributed by atoms with Gasteiger partial charge in [0.1, 0.15) is 0 Å². The Hall–Kier alpha value is -1.39. The summed E-state index contributed by atoms with van der Waals surface area (Å²) in [5, 5.41) is 9.78.